The first kappa shape index (κ1) is 12.6. The van der Waals surface area contributed by atoms with E-state index in [9.17, 15) is 0 Å². The number of nitrogens with zero attached hydrogens (tertiary/aromatic N) is 1. The summed E-state index contributed by atoms with van der Waals surface area (Å²) in [6.45, 7) is 8.21. The van der Waals surface area contributed by atoms with Crippen LogP contribution in [0, 0.1) is 0 Å². The van der Waals surface area contributed by atoms with Crippen LogP contribution in [0.3, 0.4) is 0 Å². The highest BCUT2D eigenvalue weighted by atomic mass is 16.7. The lowest BCUT2D eigenvalue weighted by Gasteiger charge is -2.32. The molecule has 0 spiro atoms. The molecule has 2 heterocycles. The number of benzene rings is 1. The summed E-state index contributed by atoms with van der Waals surface area (Å²) in [5, 5.41) is 2.24. The Bertz CT molecular complexity index is 603. The standard InChI is InChI=1S/C15H18BNO2/c1-14(2)15(3,4)19-16(18-14)13-12-8-6-5-7-11(12)9-10-17-13/h5-10H,1-4H3. The van der Waals surface area contributed by atoms with E-state index in [1.54, 1.807) is 0 Å². The Balaban J connectivity index is 2.08. The highest BCUT2D eigenvalue weighted by Crippen LogP contribution is 2.36. The number of hydrogen-bond donors (Lipinski definition) is 0. The monoisotopic (exact) mass is 255 g/mol. The highest BCUT2D eigenvalue weighted by molar-refractivity contribution is 6.64. The largest absolute Gasteiger partial charge is 0.515 e. The molecule has 0 saturated carbocycles. The van der Waals surface area contributed by atoms with Crippen LogP contribution >= 0.6 is 0 Å². The van der Waals surface area contributed by atoms with Crippen LogP contribution in [-0.2, 0) is 9.31 Å². The molecule has 1 aliphatic heterocycles. The van der Waals surface area contributed by atoms with Gasteiger partial charge in [0.15, 0.2) is 0 Å². The van der Waals surface area contributed by atoms with Crippen molar-refractivity contribution >= 4 is 23.5 Å². The molecule has 1 fully saturated rings. The fourth-order valence-electron chi connectivity index (χ4n) is 2.29. The molecule has 0 unspecified atom stereocenters. The molecular weight excluding hydrogens is 237 g/mol. The zero-order chi connectivity index (χ0) is 13.7. The van der Waals surface area contributed by atoms with Crippen molar-refractivity contribution in [1.29, 1.82) is 0 Å². The summed E-state index contributed by atoms with van der Waals surface area (Å²) in [5.41, 5.74) is 0.184. The lowest BCUT2D eigenvalue weighted by Crippen LogP contribution is -2.41. The van der Waals surface area contributed by atoms with Crippen LogP contribution in [0.25, 0.3) is 10.8 Å². The van der Waals surface area contributed by atoms with E-state index in [1.807, 2.05) is 24.4 Å². The van der Waals surface area contributed by atoms with E-state index in [4.69, 9.17) is 9.31 Å². The maximum absolute atomic E-state index is 6.07. The van der Waals surface area contributed by atoms with E-state index in [0.29, 0.717) is 0 Å². The second kappa shape index (κ2) is 4.05. The molecule has 3 nitrogen and oxygen atoms in total. The van der Waals surface area contributed by atoms with Crippen LogP contribution in [-0.4, -0.2) is 23.3 Å². The summed E-state index contributed by atoms with van der Waals surface area (Å²) in [6, 6.07) is 10.2. The zero-order valence-corrected chi connectivity index (χ0v) is 11.8. The smallest absolute Gasteiger partial charge is 0.398 e. The molecule has 3 rings (SSSR count). The van der Waals surface area contributed by atoms with Crippen molar-refractivity contribution in [2.75, 3.05) is 0 Å². The summed E-state index contributed by atoms with van der Waals surface area (Å²) in [7, 11) is -0.406. The van der Waals surface area contributed by atoms with E-state index in [1.165, 1.54) is 0 Å². The summed E-state index contributed by atoms with van der Waals surface area (Å²) in [6.07, 6.45) is 1.81. The van der Waals surface area contributed by atoms with Crippen molar-refractivity contribution < 1.29 is 9.31 Å². The lowest BCUT2D eigenvalue weighted by atomic mass is 9.81. The van der Waals surface area contributed by atoms with Crippen LogP contribution in [0.4, 0.5) is 0 Å². The van der Waals surface area contributed by atoms with Crippen molar-refractivity contribution in [2.45, 2.75) is 38.9 Å². The molecule has 1 aromatic carbocycles. The van der Waals surface area contributed by atoms with Gasteiger partial charge >= 0.3 is 7.12 Å². The first-order valence-corrected chi connectivity index (χ1v) is 6.60. The molecular formula is C15H18BNO2. The Morgan fingerprint density at radius 1 is 0.947 bits per heavy atom. The van der Waals surface area contributed by atoms with Gasteiger partial charge in [0.1, 0.15) is 0 Å². The molecule has 2 aromatic rings. The van der Waals surface area contributed by atoms with E-state index in [0.717, 1.165) is 16.4 Å². The van der Waals surface area contributed by atoms with Crippen LogP contribution < -0.4 is 5.59 Å². The highest BCUT2D eigenvalue weighted by Gasteiger charge is 2.52. The Labute approximate surface area is 114 Å². The predicted octanol–water partition coefficient (Wildman–Crippen LogP) is 2.53. The minimum atomic E-state index is -0.406. The average Bonchev–Trinajstić information content (AvgIpc) is 2.58. The van der Waals surface area contributed by atoms with Crippen molar-refractivity contribution in [3.05, 3.63) is 36.5 Å². The second-order valence-electron chi connectivity index (χ2n) is 6.01. The Morgan fingerprint density at radius 3 is 2.26 bits per heavy atom. The Hall–Kier alpha value is -1.39. The third kappa shape index (κ3) is 1.95. The summed E-state index contributed by atoms with van der Waals surface area (Å²) < 4.78 is 12.1. The van der Waals surface area contributed by atoms with Gasteiger partial charge in [-0.3, -0.25) is 4.98 Å². The molecule has 0 aliphatic carbocycles. The third-order valence-electron chi connectivity index (χ3n) is 4.18. The van der Waals surface area contributed by atoms with Gasteiger partial charge in [-0.05, 0) is 44.5 Å². The summed E-state index contributed by atoms with van der Waals surface area (Å²) >= 11 is 0. The van der Waals surface area contributed by atoms with Gasteiger partial charge in [0, 0.05) is 6.20 Å². The number of hydrogen-bond acceptors (Lipinski definition) is 3. The fraction of sp³-hybridized carbons (Fsp3) is 0.400. The maximum Gasteiger partial charge on any atom is 0.515 e. The molecule has 0 N–H and O–H groups in total. The van der Waals surface area contributed by atoms with Gasteiger partial charge in [0.2, 0.25) is 0 Å². The molecule has 4 heteroatoms. The second-order valence-corrected chi connectivity index (χ2v) is 6.01. The van der Waals surface area contributed by atoms with Crippen molar-refractivity contribution in [3.63, 3.8) is 0 Å². The van der Waals surface area contributed by atoms with Gasteiger partial charge < -0.3 is 9.31 Å². The van der Waals surface area contributed by atoms with Crippen molar-refractivity contribution in [1.82, 2.24) is 4.98 Å². The minimum Gasteiger partial charge on any atom is -0.398 e. The molecule has 0 bridgehead atoms. The Kier molecular flexibility index (Phi) is 2.70. The predicted molar refractivity (Wildman–Crippen MR) is 77.5 cm³/mol. The first-order chi connectivity index (χ1) is 8.91. The molecule has 1 aliphatic rings. The first-order valence-electron chi connectivity index (χ1n) is 6.60. The van der Waals surface area contributed by atoms with Gasteiger partial charge in [-0.2, -0.15) is 0 Å². The van der Waals surface area contributed by atoms with E-state index >= 15 is 0 Å². The maximum atomic E-state index is 6.07. The van der Waals surface area contributed by atoms with Gasteiger partial charge in [0.25, 0.3) is 0 Å². The van der Waals surface area contributed by atoms with Gasteiger partial charge in [-0.15, -0.1) is 0 Å². The van der Waals surface area contributed by atoms with Crippen molar-refractivity contribution in [3.8, 4) is 0 Å². The zero-order valence-electron chi connectivity index (χ0n) is 11.8. The number of pyridine rings is 1. The fourth-order valence-corrected chi connectivity index (χ4v) is 2.29. The molecule has 0 radical (unpaired) electrons. The van der Waals surface area contributed by atoms with Crippen LogP contribution in [0.1, 0.15) is 27.7 Å². The van der Waals surface area contributed by atoms with Crippen LogP contribution in [0.5, 0.6) is 0 Å². The van der Waals surface area contributed by atoms with E-state index in [-0.39, 0.29) is 11.2 Å². The third-order valence-corrected chi connectivity index (χ3v) is 4.18. The topological polar surface area (TPSA) is 31.4 Å². The molecule has 1 aromatic heterocycles. The number of rotatable bonds is 1. The minimum absolute atomic E-state index is 0.337. The number of aromatic nitrogens is 1. The summed E-state index contributed by atoms with van der Waals surface area (Å²) in [4.78, 5) is 4.47. The molecule has 98 valence electrons. The molecule has 19 heavy (non-hydrogen) atoms. The van der Waals surface area contributed by atoms with Gasteiger partial charge in [-0.25, -0.2) is 0 Å². The molecule has 0 amide bonds. The van der Waals surface area contributed by atoms with E-state index in [2.05, 4.69) is 44.8 Å². The van der Waals surface area contributed by atoms with E-state index < -0.39 is 7.12 Å². The summed E-state index contributed by atoms with van der Waals surface area (Å²) in [5.74, 6) is 0. The average molecular weight is 255 g/mol. The van der Waals surface area contributed by atoms with Gasteiger partial charge in [-0.1, -0.05) is 24.3 Å². The van der Waals surface area contributed by atoms with Crippen LogP contribution in [0.2, 0.25) is 0 Å². The number of fused-ring (bicyclic) bond motifs is 1. The van der Waals surface area contributed by atoms with Crippen LogP contribution in [0.15, 0.2) is 36.5 Å². The lowest BCUT2D eigenvalue weighted by molar-refractivity contribution is 0.00578. The van der Waals surface area contributed by atoms with Gasteiger partial charge in [0.05, 0.1) is 16.8 Å². The van der Waals surface area contributed by atoms with Crippen molar-refractivity contribution in [2.24, 2.45) is 0 Å². The normalized spacial score (nSPS) is 20.9. The Morgan fingerprint density at radius 2 is 1.58 bits per heavy atom. The SMILES string of the molecule is CC1(C)OB(c2nccc3ccccc23)OC1(C)C. The molecule has 1 saturated heterocycles. The molecule has 0 atom stereocenters. The quantitative estimate of drug-likeness (QED) is 0.734.